The largest absolute Gasteiger partial charge is 0.460 e. The first-order valence-corrected chi connectivity index (χ1v) is 7.96. The van der Waals surface area contributed by atoms with E-state index < -0.39 is 5.97 Å². The van der Waals surface area contributed by atoms with Gasteiger partial charge in [-0.1, -0.05) is 30.3 Å². The molecule has 0 heterocycles. The molecule has 4 nitrogen and oxygen atoms in total. The summed E-state index contributed by atoms with van der Waals surface area (Å²) in [6.07, 6.45) is 0. The van der Waals surface area contributed by atoms with Gasteiger partial charge in [0.15, 0.2) is 0 Å². The molecular weight excluding hydrogens is 317 g/mol. The van der Waals surface area contributed by atoms with Crippen LogP contribution in [0.4, 0.5) is 4.39 Å². The molecule has 2 aromatic carbocycles. The first-order valence-electron chi connectivity index (χ1n) is 6.98. The van der Waals surface area contributed by atoms with Crippen molar-refractivity contribution >= 4 is 23.6 Å². The Labute approximate surface area is 138 Å². The van der Waals surface area contributed by atoms with Crippen molar-refractivity contribution in [3.8, 4) is 0 Å². The van der Waals surface area contributed by atoms with E-state index in [1.807, 2.05) is 30.3 Å². The predicted molar refractivity (Wildman–Crippen MR) is 86.4 cm³/mol. The fraction of sp³-hybridized carbons (Fsp3) is 0.176. The van der Waals surface area contributed by atoms with Crippen LogP contribution in [-0.2, 0) is 20.9 Å². The van der Waals surface area contributed by atoms with Gasteiger partial charge in [-0.2, -0.15) is 0 Å². The lowest BCUT2D eigenvalue weighted by Crippen LogP contribution is -2.31. The van der Waals surface area contributed by atoms with Crippen LogP contribution in [-0.4, -0.2) is 24.2 Å². The van der Waals surface area contributed by atoms with Crippen LogP contribution in [0.15, 0.2) is 59.5 Å². The average molecular weight is 333 g/mol. The molecule has 0 atom stereocenters. The van der Waals surface area contributed by atoms with Crippen LogP contribution < -0.4 is 5.32 Å². The molecule has 0 saturated heterocycles. The Hall–Kier alpha value is -2.34. The average Bonchev–Trinajstić information content (AvgIpc) is 2.58. The third kappa shape index (κ3) is 6.52. The van der Waals surface area contributed by atoms with Gasteiger partial charge in [-0.3, -0.25) is 9.59 Å². The summed E-state index contributed by atoms with van der Waals surface area (Å²) in [6.45, 7) is 0.00944. The summed E-state index contributed by atoms with van der Waals surface area (Å²) in [4.78, 5) is 24.0. The smallest absolute Gasteiger partial charge is 0.325 e. The third-order valence-electron chi connectivity index (χ3n) is 2.86. The second-order valence-corrected chi connectivity index (χ2v) is 5.71. The molecule has 0 bridgehead atoms. The van der Waals surface area contributed by atoms with Crippen molar-refractivity contribution < 1.29 is 18.7 Å². The van der Waals surface area contributed by atoms with Crippen LogP contribution in [0.25, 0.3) is 0 Å². The Balaban J connectivity index is 1.63. The number of amides is 1. The summed E-state index contributed by atoms with van der Waals surface area (Å²) in [6, 6.07) is 15.2. The number of nitrogens with one attached hydrogen (secondary N) is 1. The molecule has 0 spiro atoms. The highest BCUT2D eigenvalue weighted by atomic mass is 32.2. The molecule has 2 aromatic rings. The van der Waals surface area contributed by atoms with E-state index in [4.69, 9.17) is 4.74 Å². The minimum absolute atomic E-state index is 0.150. The summed E-state index contributed by atoms with van der Waals surface area (Å²) in [5.74, 6) is -0.942. The fourth-order valence-corrected chi connectivity index (χ4v) is 2.42. The Morgan fingerprint density at radius 1 is 1.04 bits per heavy atom. The molecular formula is C17H16FNO3S. The number of benzene rings is 2. The molecule has 120 valence electrons. The van der Waals surface area contributed by atoms with Gasteiger partial charge in [0.1, 0.15) is 19.0 Å². The highest BCUT2D eigenvalue weighted by Gasteiger charge is 2.07. The van der Waals surface area contributed by atoms with E-state index in [0.29, 0.717) is 0 Å². The molecule has 0 fully saturated rings. The number of halogens is 1. The number of rotatable bonds is 7. The molecule has 0 radical (unpaired) electrons. The third-order valence-corrected chi connectivity index (χ3v) is 3.87. The Kier molecular flexibility index (Phi) is 6.62. The van der Waals surface area contributed by atoms with Gasteiger partial charge >= 0.3 is 5.97 Å². The normalized spacial score (nSPS) is 10.1. The lowest BCUT2D eigenvalue weighted by Gasteiger charge is -2.06. The van der Waals surface area contributed by atoms with Crippen molar-refractivity contribution in [2.45, 2.75) is 11.5 Å². The van der Waals surface area contributed by atoms with Gasteiger partial charge < -0.3 is 10.1 Å². The summed E-state index contributed by atoms with van der Waals surface area (Å²) >= 11 is 1.27. The van der Waals surface area contributed by atoms with E-state index in [1.165, 1.54) is 23.9 Å². The molecule has 23 heavy (non-hydrogen) atoms. The number of carbonyl (C=O) groups excluding carboxylic acids is 2. The highest BCUT2D eigenvalue weighted by molar-refractivity contribution is 8.00. The summed E-state index contributed by atoms with van der Waals surface area (Å²) in [7, 11) is 0. The van der Waals surface area contributed by atoms with Crippen molar-refractivity contribution in [1.29, 1.82) is 0 Å². The molecule has 0 aliphatic heterocycles. The van der Waals surface area contributed by atoms with Gasteiger partial charge in [-0.15, -0.1) is 11.8 Å². The van der Waals surface area contributed by atoms with E-state index in [9.17, 15) is 14.0 Å². The van der Waals surface area contributed by atoms with Crippen molar-refractivity contribution in [3.63, 3.8) is 0 Å². The molecule has 1 N–H and O–H groups in total. The van der Waals surface area contributed by atoms with Crippen LogP contribution in [0.5, 0.6) is 0 Å². The number of hydrogen-bond donors (Lipinski definition) is 1. The lowest BCUT2D eigenvalue weighted by atomic mass is 10.2. The summed E-state index contributed by atoms with van der Waals surface area (Å²) in [5.41, 5.74) is 0.888. The van der Waals surface area contributed by atoms with E-state index >= 15 is 0 Å². The maximum absolute atomic E-state index is 12.8. The van der Waals surface area contributed by atoms with Gasteiger partial charge in [-0.05, 0) is 29.8 Å². The number of carbonyl (C=O) groups is 2. The van der Waals surface area contributed by atoms with Gasteiger partial charge in [0.05, 0.1) is 5.75 Å². The minimum Gasteiger partial charge on any atom is -0.460 e. The Morgan fingerprint density at radius 3 is 2.43 bits per heavy atom. The van der Waals surface area contributed by atoms with Crippen LogP contribution in [0.3, 0.4) is 0 Å². The zero-order valence-electron chi connectivity index (χ0n) is 12.3. The molecule has 2 rings (SSSR count). The zero-order chi connectivity index (χ0) is 16.5. The van der Waals surface area contributed by atoms with Gasteiger partial charge in [0.25, 0.3) is 0 Å². The summed E-state index contributed by atoms with van der Waals surface area (Å²) in [5, 5.41) is 2.49. The quantitative estimate of drug-likeness (QED) is 0.625. The zero-order valence-corrected chi connectivity index (χ0v) is 13.1. The van der Waals surface area contributed by atoms with Gasteiger partial charge in [0, 0.05) is 4.90 Å². The first-order chi connectivity index (χ1) is 11.1. The van der Waals surface area contributed by atoms with Crippen molar-refractivity contribution in [2.75, 3.05) is 12.3 Å². The molecule has 0 aromatic heterocycles. The second-order valence-electron chi connectivity index (χ2n) is 4.67. The molecule has 0 aliphatic carbocycles. The van der Waals surface area contributed by atoms with Crippen molar-refractivity contribution in [2.24, 2.45) is 0 Å². The standard InChI is InChI=1S/C17H16FNO3S/c18-14-6-8-15(9-7-14)23-12-16(20)19-10-17(21)22-11-13-4-2-1-3-5-13/h1-9H,10-12H2,(H,19,20). The molecule has 0 saturated carbocycles. The lowest BCUT2D eigenvalue weighted by molar-refractivity contribution is -0.145. The van der Waals surface area contributed by atoms with E-state index in [0.717, 1.165) is 10.5 Å². The van der Waals surface area contributed by atoms with Gasteiger partial charge in [-0.25, -0.2) is 4.39 Å². The van der Waals surface area contributed by atoms with E-state index in [-0.39, 0.29) is 30.6 Å². The topological polar surface area (TPSA) is 55.4 Å². The van der Waals surface area contributed by atoms with Crippen LogP contribution in [0.2, 0.25) is 0 Å². The van der Waals surface area contributed by atoms with Crippen LogP contribution in [0, 0.1) is 5.82 Å². The number of thioether (sulfide) groups is 1. The second kappa shape index (κ2) is 8.95. The van der Waals surface area contributed by atoms with Gasteiger partial charge in [0.2, 0.25) is 5.91 Å². The maximum atomic E-state index is 12.8. The van der Waals surface area contributed by atoms with Crippen molar-refractivity contribution in [1.82, 2.24) is 5.32 Å². The van der Waals surface area contributed by atoms with E-state index in [1.54, 1.807) is 12.1 Å². The predicted octanol–water partition coefficient (Wildman–Crippen LogP) is 2.78. The maximum Gasteiger partial charge on any atom is 0.325 e. The fourth-order valence-electron chi connectivity index (χ4n) is 1.69. The van der Waals surface area contributed by atoms with Crippen LogP contribution in [0.1, 0.15) is 5.56 Å². The first kappa shape index (κ1) is 17.0. The SMILES string of the molecule is O=C(CSc1ccc(F)cc1)NCC(=O)OCc1ccccc1. The summed E-state index contributed by atoms with van der Waals surface area (Å²) < 4.78 is 17.8. The van der Waals surface area contributed by atoms with Crippen LogP contribution >= 0.6 is 11.8 Å². The monoisotopic (exact) mass is 333 g/mol. The number of hydrogen-bond acceptors (Lipinski definition) is 4. The Morgan fingerprint density at radius 2 is 1.74 bits per heavy atom. The highest BCUT2D eigenvalue weighted by Crippen LogP contribution is 2.17. The molecule has 6 heteroatoms. The Bertz CT molecular complexity index is 647. The minimum atomic E-state index is -0.492. The molecule has 0 aliphatic rings. The van der Waals surface area contributed by atoms with Crippen molar-refractivity contribution in [3.05, 3.63) is 66.0 Å². The van der Waals surface area contributed by atoms with E-state index in [2.05, 4.69) is 5.32 Å². The number of ether oxygens (including phenoxy) is 1. The molecule has 1 amide bonds. The number of esters is 1. The molecule has 0 unspecified atom stereocenters.